The summed E-state index contributed by atoms with van der Waals surface area (Å²) in [5, 5.41) is 7.82. The summed E-state index contributed by atoms with van der Waals surface area (Å²) in [6.07, 6.45) is 4.50. The van der Waals surface area contributed by atoms with Crippen molar-refractivity contribution in [2.75, 3.05) is 27.2 Å². The number of hydrogen-bond acceptors (Lipinski definition) is 5. The van der Waals surface area contributed by atoms with E-state index in [1.54, 1.807) is 0 Å². The van der Waals surface area contributed by atoms with Crippen LogP contribution in [0.2, 0.25) is 0 Å². The Morgan fingerprint density at radius 2 is 1.95 bits per heavy atom. The highest BCUT2D eigenvalue weighted by Crippen LogP contribution is 2.04. The predicted octanol–water partition coefficient (Wildman–Crippen LogP) is 3.60. The van der Waals surface area contributed by atoms with Gasteiger partial charge in [0.25, 0.3) is 0 Å². The molecule has 0 radical (unpaired) electrons. The van der Waals surface area contributed by atoms with Gasteiger partial charge in [0.05, 0.1) is 6.61 Å². The smallest absolute Gasteiger partial charge is 0.233 e. The highest BCUT2D eigenvalue weighted by atomic mass is 32.1. The number of hydrogen-bond donors (Lipinski definition) is 2. The summed E-state index contributed by atoms with van der Waals surface area (Å²) in [5.74, 6) is 0.0633. The zero-order valence-electron chi connectivity index (χ0n) is 11.7. The molecule has 4 nitrogen and oxygen atoms in total. The molecular weight excluding hydrogens is 258 g/mol. The summed E-state index contributed by atoms with van der Waals surface area (Å²) in [6, 6.07) is 0. The standard InChI is InChI=1S/C13H25N3OS.CH4/c1-5-6-7-8-9-17-13(14)12(15-18)11(2)10-16(3)4;/h14,18H,2,5-10H2,1,3-4H3;1H4/b14-13?,15-12-;. The Kier molecular flexibility index (Phi) is 13.2. The van der Waals surface area contributed by atoms with Crippen LogP contribution in [-0.2, 0) is 4.74 Å². The SMILES string of the molecule is C.C=C(CN(C)C)/C(=N/S)C(=N)OCCCCCC. The summed E-state index contributed by atoms with van der Waals surface area (Å²) in [5.41, 5.74) is 1.18. The van der Waals surface area contributed by atoms with Crippen molar-refractivity contribution in [3.63, 3.8) is 0 Å². The molecule has 0 aliphatic rings. The molecular formula is C14H29N3OS. The molecule has 0 saturated heterocycles. The van der Waals surface area contributed by atoms with Gasteiger partial charge in [0.15, 0.2) is 0 Å². The monoisotopic (exact) mass is 287 g/mol. The second-order valence-electron chi connectivity index (χ2n) is 4.53. The van der Waals surface area contributed by atoms with Crippen LogP contribution in [0.5, 0.6) is 0 Å². The minimum atomic E-state index is 0. The molecule has 0 aliphatic heterocycles. The molecule has 112 valence electrons. The zero-order chi connectivity index (χ0) is 14.0. The second kappa shape index (κ2) is 12.2. The Balaban J connectivity index is 0. The molecule has 0 heterocycles. The molecule has 0 unspecified atom stereocenters. The number of thiol groups is 1. The first-order valence-electron chi connectivity index (χ1n) is 6.29. The first-order chi connectivity index (χ1) is 8.52. The second-order valence-corrected chi connectivity index (χ2v) is 4.73. The van der Waals surface area contributed by atoms with Crippen LogP contribution in [0, 0.1) is 5.41 Å². The maximum absolute atomic E-state index is 7.82. The number of unbranched alkanes of at least 4 members (excludes halogenated alkanes) is 3. The van der Waals surface area contributed by atoms with Crippen LogP contribution >= 0.6 is 12.8 Å². The number of nitrogens with one attached hydrogen (secondary N) is 1. The van der Waals surface area contributed by atoms with Crippen LogP contribution < -0.4 is 0 Å². The summed E-state index contributed by atoms with van der Waals surface area (Å²) >= 11 is 3.88. The van der Waals surface area contributed by atoms with Gasteiger partial charge in [-0.1, -0.05) is 40.2 Å². The van der Waals surface area contributed by atoms with Gasteiger partial charge in [-0.3, -0.25) is 5.41 Å². The van der Waals surface area contributed by atoms with Gasteiger partial charge in [0.2, 0.25) is 5.90 Å². The van der Waals surface area contributed by atoms with Gasteiger partial charge in [0, 0.05) is 6.54 Å². The molecule has 0 atom stereocenters. The average Bonchev–Trinajstić information content (AvgIpc) is 2.28. The molecule has 1 N–H and O–H groups in total. The lowest BCUT2D eigenvalue weighted by Gasteiger charge is -2.14. The van der Waals surface area contributed by atoms with E-state index in [1.165, 1.54) is 12.8 Å². The Labute approximate surface area is 124 Å². The Hall–Kier alpha value is -0.810. The summed E-state index contributed by atoms with van der Waals surface area (Å²) in [7, 11) is 3.88. The lowest BCUT2D eigenvalue weighted by molar-refractivity contribution is 0.295. The third-order valence-corrected chi connectivity index (χ3v) is 2.60. The van der Waals surface area contributed by atoms with E-state index in [2.05, 4.69) is 30.7 Å². The molecule has 0 bridgehead atoms. The molecule has 0 rings (SSSR count). The normalized spacial score (nSPS) is 11.1. The fraction of sp³-hybridized carbons (Fsp3) is 0.714. The maximum atomic E-state index is 7.82. The van der Waals surface area contributed by atoms with E-state index in [9.17, 15) is 0 Å². The molecule has 19 heavy (non-hydrogen) atoms. The number of rotatable bonds is 9. The molecule has 0 fully saturated rings. The van der Waals surface area contributed by atoms with Gasteiger partial charge < -0.3 is 9.64 Å². The van der Waals surface area contributed by atoms with E-state index < -0.39 is 0 Å². The van der Waals surface area contributed by atoms with Crippen molar-refractivity contribution in [3.8, 4) is 0 Å². The number of likely N-dealkylation sites (N-methyl/N-ethyl adjacent to an activating group) is 1. The van der Waals surface area contributed by atoms with Gasteiger partial charge >= 0.3 is 0 Å². The van der Waals surface area contributed by atoms with E-state index in [4.69, 9.17) is 10.1 Å². The zero-order valence-corrected chi connectivity index (χ0v) is 12.6. The van der Waals surface area contributed by atoms with Crippen molar-refractivity contribution in [1.82, 2.24) is 4.90 Å². The minimum absolute atomic E-state index is 0. The third-order valence-electron chi connectivity index (χ3n) is 2.40. The van der Waals surface area contributed by atoms with Crippen molar-refractivity contribution in [2.24, 2.45) is 4.40 Å². The van der Waals surface area contributed by atoms with Crippen LogP contribution in [0.1, 0.15) is 40.0 Å². The van der Waals surface area contributed by atoms with Crippen LogP contribution in [-0.4, -0.2) is 43.8 Å². The minimum Gasteiger partial charge on any atom is -0.477 e. The maximum Gasteiger partial charge on any atom is 0.233 e. The molecule has 0 aromatic carbocycles. The summed E-state index contributed by atoms with van der Waals surface area (Å²) in [4.78, 5) is 1.97. The van der Waals surface area contributed by atoms with Crippen molar-refractivity contribution in [3.05, 3.63) is 12.2 Å². The molecule has 5 heteroatoms. The molecule has 0 aromatic heterocycles. The number of nitrogens with zero attached hydrogens (tertiary/aromatic N) is 2. The van der Waals surface area contributed by atoms with Crippen LogP contribution in [0.15, 0.2) is 16.5 Å². The van der Waals surface area contributed by atoms with Crippen molar-refractivity contribution >= 4 is 24.4 Å². The van der Waals surface area contributed by atoms with Gasteiger partial charge in [-0.25, -0.2) is 4.40 Å². The predicted molar refractivity (Wildman–Crippen MR) is 88.7 cm³/mol. The lowest BCUT2D eigenvalue weighted by Crippen LogP contribution is -2.25. The third kappa shape index (κ3) is 9.73. The average molecular weight is 287 g/mol. The molecule has 0 aliphatic carbocycles. The Bertz CT molecular complexity index is 301. The van der Waals surface area contributed by atoms with Gasteiger partial charge in [0.1, 0.15) is 5.71 Å². The molecule has 0 spiro atoms. The van der Waals surface area contributed by atoms with E-state index >= 15 is 0 Å². The van der Waals surface area contributed by atoms with E-state index in [1.807, 2.05) is 19.0 Å². The van der Waals surface area contributed by atoms with E-state index in [0.29, 0.717) is 18.9 Å². The quantitative estimate of drug-likeness (QED) is 0.295. The van der Waals surface area contributed by atoms with Gasteiger partial charge in [-0.2, -0.15) is 0 Å². The Morgan fingerprint density at radius 3 is 2.42 bits per heavy atom. The molecule has 0 aromatic rings. The topological polar surface area (TPSA) is 48.7 Å². The lowest BCUT2D eigenvalue weighted by atomic mass is 10.1. The summed E-state index contributed by atoms with van der Waals surface area (Å²) < 4.78 is 9.16. The molecule has 0 saturated carbocycles. The van der Waals surface area contributed by atoms with E-state index in [-0.39, 0.29) is 13.3 Å². The van der Waals surface area contributed by atoms with Crippen molar-refractivity contribution in [1.29, 1.82) is 5.41 Å². The largest absolute Gasteiger partial charge is 0.477 e. The fourth-order valence-electron chi connectivity index (χ4n) is 1.50. The first kappa shape index (κ1) is 20.5. The molecule has 0 amide bonds. The van der Waals surface area contributed by atoms with Crippen LogP contribution in [0.3, 0.4) is 0 Å². The fourth-order valence-corrected chi connectivity index (χ4v) is 1.74. The van der Waals surface area contributed by atoms with E-state index in [0.717, 1.165) is 18.4 Å². The van der Waals surface area contributed by atoms with Gasteiger partial charge in [-0.05, 0) is 38.9 Å². The van der Waals surface area contributed by atoms with Crippen molar-refractivity contribution < 1.29 is 4.74 Å². The summed E-state index contributed by atoms with van der Waals surface area (Å²) in [6.45, 7) is 7.27. The highest BCUT2D eigenvalue weighted by Gasteiger charge is 2.13. The highest BCUT2D eigenvalue weighted by molar-refractivity contribution is 7.79. The van der Waals surface area contributed by atoms with Crippen LogP contribution in [0.25, 0.3) is 0 Å². The Morgan fingerprint density at radius 1 is 1.32 bits per heavy atom. The van der Waals surface area contributed by atoms with Crippen LogP contribution in [0.4, 0.5) is 0 Å². The van der Waals surface area contributed by atoms with Crippen molar-refractivity contribution in [2.45, 2.75) is 40.0 Å². The first-order valence-corrected chi connectivity index (χ1v) is 6.69. The number of ether oxygens (including phenoxy) is 1. The van der Waals surface area contributed by atoms with Gasteiger partial charge in [-0.15, -0.1) is 0 Å².